The molecule has 0 spiro atoms. The van der Waals surface area contributed by atoms with Gasteiger partial charge in [-0.15, -0.1) is 0 Å². The quantitative estimate of drug-likeness (QED) is 0.684. The molecule has 3 rings (SSSR count). The lowest BCUT2D eigenvalue weighted by Crippen LogP contribution is -2.06. The van der Waals surface area contributed by atoms with Gasteiger partial charge in [-0.25, -0.2) is 13.9 Å². The van der Waals surface area contributed by atoms with Gasteiger partial charge in [0.2, 0.25) is 0 Å². The molecule has 0 saturated heterocycles. The third-order valence-electron chi connectivity index (χ3n) is 2.51. The van der Waals surface area contributed by atoms with E-state index in [4.69, 9.17) is 4.74 Å². The molecule has 0 bridgehead atoms. The first-order valence-electron chi connectivity index (χ1n) is 5.64. The molecule has 0 radical (unpaired) electrons. The molecule has 2 heterocycles. The number of halogens is 1. The van der Waals surface area contributed by atoms with Crippen molar-refractivity contribution in [3.05, 3.63) is 60.5 Å². The zero-order chi connectivity index (χ0) is 13.9. The molecule has 20 heavy (non-hydrogen) atoms. The SMILES string of the molecule is O=C(Oc1cnn(-c2cccc(F)c2)c1)c1cnoc1. The summed E-state index contributed by atoms with van der Waals surface area (Å²) in [6.07, 6.45) is 5.26. The number of hydrogen-bond acceptors (Lipinski definition) is 5. The minimum absolute atomic E-state index is 0.198. The summed E-state index contributed by atoms with van der Waals surface area (Å²) >= 11 is 0. The zero-order valence-electron chi connectivity index (χ0n) is 10.1. The van der Waals surface area contributed by atoms with Gasteiger partial charge >= 0.3 is 5.97 Å². The van der Waals surface area contributed by atoms with Gasteiger partial charge in [0.25, 0.3) is 0 Å². The number of benzene rings is 1. The van der Waals surface area contributed by atoms with Crippen LogP contribution in [0.2, 0.25) is 0 Å². The summed E-state index contributed by atoms with van der Waals surface area (Å²) in [6.45, 7) is 0. The predicted molar refractivity (Wildman–Crippen MR) is 65.0 cm³/mol. The fraction of sp³-hybridized carbons (Fsp3) is 0. The third-order valence-corrected chi connectivity index (χ3v) is 2.51. The number of nitrogens with zero attached hydrogens (tertiary/aromatic N) is 3. The molecule has 0 amide bonds. The van der Waals surface area contributed by atoms with Crippen LogP contribution in [0.25, 0.3) is 5.69 Å². The Labute approximate surface area is 112 Å². The van der Waals surface area contributed by atoms with Crippen LogP contribution in [0.5, 0.6) is 5.75 Å². The van der Waals surface area contributed by atoms with Crippen molar-refractivity contribution in [1.82, 2.24) is 14.9 Å². The highest BCUT2D eigenvalue weighted by atomic mass is 19.1. The second-order valence-corrected chi connectivity index (χ2v) is 3.90. The Kier molecular flexibility index (Phi) is 3.00. The van der Waals surface area contributed by atoms with Crippen LogP contribution < -0.4 is 4.74 Å². The van der Waals surface area contributed by atoms with Crippen molar-refractivity contribution in [2.75, 3.05) is 0 Å². The molecular formula is C13H8FN3O3. The van der Waals surface area contributed by atoms with E-state index in [1.165, 1.54) is 41.7 Å². The number of hydrogen-bond donors (Lipinski definition) is 0. The number of carbonyl (C=O) groups excluding carboxylic acids is 1. The lowest BCUT2D eigenvalue weighted by atomic mass is 10.3. The molecule has 7 heteroatoms. The van der Waals surface area contributed by atoms with Gasteiger partial charge in [-0.05, 0) is 18.2 Å². The molecule has 0 atom stereocenters. The maximum Gasteiger partial charge on any atom is 0.348 e. The standard InChI is InChI=1S/C13H8FN3O3/c14-10-2-1-3-11(4-10)17-7-12(6-15-17)20-13(18)9-5-16-19-8-9/h1-8H. The van der Waals surface area contributed by atoms with Crippen LogP contribution in [-0.4, -0.2) is 20.9 Å². The Balaban J connectivity index is 1.79. The molecule has 0 aliphatic carbocycles. The normalized spacial score (nSPS) is 10.4. The largest absolute Gasteiger partial charge is 0.419 e. The van der Waals surface area contributed by atoms with Gasteiger partial charge in [-0.1, -0.05) is 11.2 Å². The van der Waals surface area contributed by atoms with Gasteiger partial charge in [-0.3, -0.25) is 0 Å². The van der Waals surface area contributed by atoms with E-state index >= 15 is 0 Å². The minimum Gasteiger partial charge on any atom is -0.419 e. The second-order valence-electron chi connectivity index (χ2n) is 3.90. The maximum atomic E-state index is 13.1. The van der Waals surface area contributed by atoms with Gasteiger partial charge in [-0.2, -0.15) is 5.10 Å². The smallest absolute Gasteiger partial charge is 0.348 e. The van der Waals surface area contributed by atoms with Gasteiger partial charge in [0.05, 0.1) is 24.3 Å². The third kappa shape index (κ3) is 2.41. The highest BCUT2D eigenvalue weighted by Gasteiger charge is 2.12. The predicted octanol–water partition coefficient (Wildman–Crippen LogP) is 2.22. The van der Waals surface area contributed by atoms with E-state index in [1.54, 1.807) is 12.1 Å². The molecular weight excluding hydrogens is 265 g/mol. The Morgan fingerprint density at radius 1 is 1.35 bits per heavy atom. The highest BCUT2D eigenvalue weighted by Crippen LogP contribution is 2.15. The van der Waals surface area contributed by atoms with E-state index in [-0.39, 0.29) is 17.1 Å². The van der Waals surface area contributed by atoms with E-state index < -0.39 is 5.97 Å². The van der Waals surface area contributed by atoms with Gasteiger partial charge in [0.15, 0.2) is 5.75 Å². The molecule has 6 nitrogen and oxygen atoms in total. The maximum absolute atomic E-state index is 13.1. The number of esters is 1. The van der Waals surface area contributed by atoms with Crippen LogP contribution in [0, 0.1) is 5.82 Å². The van der Waals surface area contributed by atoms with E-state index in [0.717, 1.165) is 0 Å². The summed E-state index contributed by atoms with van der Waals surface area (Å²) in [5.74, 6) is -0.744. The Bertz CT molecular complexity index is 737. The first-order chi connectivity index (χ1) is 9.72. The van der Waals surface area contributed by atoms with E-state index in [9.17, 15) is 9.18 Å². The van der Waals surface area contributed by atoms with Crippen LogP contribution in [0.4, 0.5) is 4.39 Å². The van der Waals surface area contributed by atoms with Crippen LogP contribution in [0.15, 0.2) is 53.6 Å². The van der Waals surface area contributed by atoms with Crippen LogP contribution in [0.1, 0.15) is 10.4 Å². The molecule has 0 aliphatic heterocycles. The molecule has 0 fully saturated rings. The summed E-state index contributed by atoms with van der Waals surface area (Å²) in [4.78, 5) is 11.7. The zero-order valence-corrected chi connectivity index (χ0v) is 10.1. The first kappa shape index (κ1) is 12.1. The summed E-state index contributed by atoms with van der Waals surface area (Å²) in [5, 5.41) is 7.40. The molecule has 0 saturated carbocycles. The Morgan fingerprint density at radius 3 is 3.00 bits per heavy atom. The molecule has 0 N–H and O–H groups in total. The van der Waals surface area contributed by atoms with Crippen molar-refractivity contribution >= 4 is 5.97 Å². The average molecular weight is 273 g/mol. The van der Waals surface area contributed by atoms with Gasteiger partial charge in [0.1, 0.15) is 17.6 Å². The topological polar surface area (TPSA) is 70.2 Å². The van der Waals surface area contributed by atoms with Crippen LogP contribution >= 0.6 is 0 Å². The van der Waals surface area contributed by atoms with E-state index in [0.29, 0.717) is 5.69 Å². The fourth-order valence-electron chi connectivity index (χ4n) is 1.59. The number of ether oxygens (including phenoxy) is 1. The monoisotopic (exact) mass is 273 g/mol. The number of rotatable bonds is 3. The fourth-order valence-corrected chi connectivity index (χ4v) is 1.59. The highest BCUT2D eigenvalue weighted by molar-refractivity contribution is 5.90. The number of carbonyl (C=O) groups is 1. The van der Waals surface area contributed by atoms with Crippen molar-refractivity contribution in [2.45, 2.75) is 0 Å². The first-order valence-corrected chi connectivity index (χ1v) is 5.64. The van der Waals surface area contributed by atoms with E-state index in [1.807, 2.05) is 0 Å². The molecule has 0 aliphatic rings. The lowest BCUT2D eigenvalue weighted by Gasteiger charge is -2.00. The average Bonchev–Trinajstić information content (AvgIpc) is 3.10. The van der Waals surface area contributed by atoms with E-state index in [2.05, 4.69) is 14.8 Å². The molecule has 3 aromatic rings. The van der Waals surface area contributed by atoms with Gasteiger partial charge in [0, 0.05) is 0 Å². The van der Waals surface area contributed by atoms with Crippen molar-refractivity contribution in [2.24, 2.45) is 0 Å². The summed E-state index contributed by atoms with van der Waals surface area (Å²) in [5.41, 5.74) is 0.723. The second kappa shape index (κ2) is 4.96. The molecule has 100 valence electrons. The van der Waals surface area contributed by atoms with Crippen molar-refractivity contribution < 1.29 is 18.4 Å². The number of aromatic nitrogens is 3. The summed E-state index contributed by atoms with van der Waals surface area (Å²) in [6, 6.07) is 5.90. The van der Waals surface area contributed by atoms with Gasteiger partial charge < -0.3 is 9.26 Å². The Morgan fingerprint density at radius 2 is 2.25 bits per heavy atom. The lowest BCUT2D eigenvalue weighted by molar-refractivity contribution is 0.0734. The summed E-state index contributed by atoms with van der Waals surface area (Å²) in [7, 11) is 0. The molecule has 2 aromatic heterocycles. The van der Waals surface area contributed by atoms with Crippen LogP contribution in [-0.2, 0) is 0 Å². The summed E-state index contributed by atoms with van der Waals surface area (Å²) < 4.78 is 24.1. The minimum atomic E-state index is -0.606. The van der Waals surface area contributed by atoms with Crippen LogP contribution in [0.3, 0.4) is 0 Å². The molecule has 0 unspecified atom stereocenters. The molecule has 1 aromatic carbocycles. The van der Waals surface area contributed by atoms with Crippen molar-refractivity contribution in [1.29, 1.82) is 0 Å². The van der Waals surface area contributed by atoms with Crippen molar-refractivity contribution in [3.8, 4) is 11.4 Å². The Hall–Kier alpha value is -2.96. The van der Waals surface area contributed by atoms with Crippen molar-refractivity contribution in [3.63, 3.8) is 0 Å².